The van der Waals surface area contributed by atoms with Crippen LogP contribution in [-0.4, -0.2) is 57.4 Å². The molecule has 0 radical (unpaired) electrons. The molecule has 4 heterocycles. The molecule has 1 saturated heterocycles. The molecule has 3 aromatic heterocycles. The number of rotatable bonds is 4. The molecule has 160 valence electrons. The number of fused-ring (bicyclic) bond motifs is 1. The topological polar surface area (TPSA) is 75.4 Å². The van der Waals surface area contributed by atoms with E-state index in [9.17, 15) is 4.79 Å². The van der Waals surface area contributed by atoms with E-state index in [4.69, 9.17) is 16.6 Å². The molecule has 1 aliphatic heterocycles. The van der Waals surface area contributed by atoms with E-state index in [1.807, 2.05) is 65.9 Å². The van der Waals surface area contributed by atoms with Gasteiger partial charge in [0.05, 0.1) is 5.69 Å². The summed E-state index contributed by atoms with van der Waals surface area (Å²) in [5, 5.41) is 8.80. The molecule has 1 N–H and O–H groups in total. The molecule has 1 fully saturated rings. The Morgan fingerprint density at radius 3 is 2.66 bits per heavy atom. The maximum Gasteiger partial charge on any atom is 0.272 e. The maximum absolute atomic E-state index is 12.7. The lowest BCUT2D eigenvalue weighted by Crippen LogP contribution is -2.42. The molecule has 9 heteroatoms. The summed E-state index contributed by atoms with van der Waals surface area (Å²) in [6, 6.07) is 15.3. The van der Waals surface area contributed by atoms with E-state index in [2.05, 4.69) is 15.4 Å². The number of piperidine rings is 1. The minimum absolute atomic E-state index is 0.0148. The van der Waals surface area contributed by atoms with Crippen molar-refractivity contribution in [2.45, 2.75) is 18.9 Å². The Hall–Kier alpha value is -3.39. The van der Waals surface area contributed by atoms with Gasteiger partial charge in [-0.25, -0.2) is 4.98 Å². The average molecular weight is 445 g/mol. The van der Waals surface area contributed by atoms with Gasteiger partial charge in [0.25, 0.3) is 5.91 Å². The van der Waals surface area contributed by atoms with Gasteiger partial charge in [-0.2, -0.15) is 9.61 Å². The minimum atomic E-state index is -0.0148. The number of carbonyl (C=O) groups excluding carboxylic acids is 1. The number of nitrogens with zero attached hydrogens (tertiary/aromatic N) is 5. The Balaban J connectivity index is 1.37. The molecule has 1 amide bonds. The van der Waals surface area contributed by atoms with Crippen molar-refractivity contribution < 1.29 is 4.79 Å². The predicted molar refractivity (Wildman–Crippen MR) is 128 cm³/mol. The number of carbonyl (C=O) groups is 1. The standard InChI is InChI=1S/C23H22BClN6O/c24-17-14-27-31-21(13-20(29-22(17)31)16-5-1-2-6-18(16)25)28-15-8-11-30(12-9-15)23(32)19-7-3-4-10-26-19/h1-7,10,13-15,28H,8-9,11-12,24H2. The third kappa shape index (κ3) is 3.94. The highest BCUT2D eigenvalue weighted by molar-refractivity contribution is 6.36. The Labute approximate surface area is 191 Å². The Morgan fingerprint density at radius 1 is 1.12 bits per heavy atom. The summed E-state index contributed by atoms with van der Waals surface area (Å²) in [7, 11) is 2.00. The van der Waals surface area contributed by atoms with Crippen LogP contribution in [0, 0.1) is 0 Å². The van der Waals surface area contributed by atoms with Crippen LogP contribution >= 0.6 is 11.6 Å². The van der Waals surface area contributed by atoms with Gasteiger partial charge in [0, 0.05) is 48.2 Å². The number of aromatic nitrogens is 4. The van der Waals surface area contributed by atoms with Crippen molar-refractivity contribution in [1.82, 2.24) is 24.5 Å². The van der Waals surface area contributed by atoms with Gasteiger partial charge in [-0.15, -0.1) is 0 Å². The van der Waals surface area contributed by atoms with Crippen LogP contribution in [0.5, 0.6) is 0 Å². The summed E-state index contributed by atoms with van der Waals surface area (Å²) in [4.78, 5) is 23.5. The number of nitrogens with one attached hydrogen (secondary N) is 1. The molecule has 1 aromatic carbocycles. The first-order valence-electron chi connectivity index (χ1n) is 10.7. The zero-order valence-electron chi connectivity index (χ0n) is 17.7. The van der Waals surface area contributed by atoms with E-state index in [0.29, 0.717) is 23.8 Å². The number of benzene rings is 1. The Kier molecular flexibility index (Phi) is 5.53. The number of likely N-dealkylation sites (tertiary alicyclic amines) is 1. The van der Waals surface area contributed by atoms with E-state index in [-0.39, 0.29) is 11.9 Å². The largest absolute Gasteiger partial charge is 0.367 e. The van der Waals surface area contributed by atoms with Crippen molar-refractivity contribution in [1.29, 1.82) is 0 Å². The van der Waals surface area contributed by atoms with E-state index < -0.39 is 0 Å². The molecule has 0 saturated carbocycles. The van der Waals surface area contributed by atoms with Gasteiger partial charge in [0.2, 0.25) is 0 Å². The lowest BCUT2D eigenvalue weighted by molar-refractivity contribution is 0.0712. The van der Waals surface area contributed by atoms with Crippen LogP contribution in [0.3, 0.4) is 0 Å². The van der Waals surface area contributed by atoms with Crippen LogP contribution in [0.2, 0.25) is 5.02 Å². The third-order valence-corrected chi connectivity index (χ3v) is 6.15. The number of hydrogen-bond acceptors (Lipinski definition) is 5. The third-order valence-electron chi connectivity index (χ3n) is 5.82. The molecule has 5 rings (SSSR count). The van der Waals surface area contributed by atoms with Gasteiger partial charge in [-0.05, 0) is 36.5 Å². The van der Waals surface area contributed by atoms with E-state index in [1.165, 1.54) is 0 Å². The lowest BCUT2D eigenvalue weighted by atomic mass is 10.0. The zero-order chi connectivity index (χ0) is 22.1. The van der Waals surface area contributed by atoms with Crippen molar-refractivity contribution >= 4 is 42.3 Å². The summed E-state index contributed by atoms with van der Waals surface area (Å²) in [5.74, 6) is 0.853. The van der Waals surface area contributed by atoms with Gasteiger partial charge in [-0.3, -0.25) is 9.78 Å². The molecule has 0 aliphatic carbocycles. The zero-order valence-corrected chi connectivity index (χ0v) is 18.5. The number of amides is 1. The second-order valence-corrected chi connectivity index (χ2v) is 8.40. The molecule has 0 atom stereocenters. The summed E-state index contributed by atoms with van der Waals surface area (Å²) in [6.45, 7) is 1.35. The molecule has 1 aliphatic rings. The molecular formula is C23H22BClN6O. The monoisotopic (exact) mass is 444 g/mol. The van der Waals surface area contributed by atoms with Crippen LogP contribution in [0.25, 0.3) is 16.9 Å². The van der Waals surface area contributed by atoms with Gasteiger partial charge in [0.1, 0.15) is 19.4 Å². The summed E-state index contributed by atoms with van der Waals surface area (Å²) in [5.41, 5.74) is 3.98. The Morgan fingerprint density at radius 2 is 1.91 bits per heavy atom. The molecule has 7 nitrogen and oxygen atoms in total. The maximum atomic E-state index is 12.7. The highest BCUT2D eigenvalue weighted by atomic mass is 35.5. The normalized spacial score (nSPS) is 14.6. The van der Waals surface area contributed by atoms with Crippen molar-refractivity contribution in [3.8, 4) is 11.3 Å². The van der Waals surface area contributed by atoms with Gasteiger partial charge >= 0.3 is 0 Å². The molecule has 32 heavy (non-hydrogen) atoms. The molecular weight excluding hydrogens is 423 g/mol. The SMILES string of the molecule is Bc1cnn2c(NC3CCN(C(=O)c4ccccn4)CC3)cc(-c3ccccc3Cl)nc12. The van der Waals surface area contributed by atoms with Gasteiger partial charge < -0.3 is 10.2 Å². The van der Waals surface area contributed by atoms with Gasteiger partial charge in [-0.1, -0.05) is 35.9 Å². The second-order valence-electron chi connectivity index (χ2n) is 8.00. The van der Waals surface area contributed by atoms with Crippen molar-refractivity contribution in [3.05, 3.63) is 71.6 Å². The quantitative estimate of drug-likeness (QED) is 0.489. The molecule has 0 bridgehead atoms. The highest BCUT2D eigenvalue weighted by Crippen LogP contribution is 2.29. The first-order chi connectivity index (χ1) is 15.6. The molecule has 0 spiro atoms. The van der Waals surface area contributed by atoms with Crippen molar-refractivity contribution in [2.75, 3.05) is 18.4 Å². The van der Waals surface area contributed by atoms with E-state index in [1.54, 1.807) is 12.3 Å². The van der Waals surface area contributed by atoms with E-state index >= 15 is 0 Å². The molecule has 0 unspecified atom stereocenters. The average Bonchev–Trinajstić information content (AvgIpc) is 3.21. The Bertz CT molecular complexity index is 1270. The number of halogens is 1. The first-order valence-corrected chi connectivity index (χ1v) is 11.0. The lowest BCUT2D eigenvalue weighted by Gasteiger charge is -2.32. The molecule has 4 aromatic rings. The second kappa shape index (κ2) is 8.63. The number of pyridine rings is 1. The fraction of sp³-hybridized carbons (Fsp3) is 0.217. The van der Waals surface area contributed by atoms with Crippen LogP contribution in [-0.2, 0) is 0 Å². The van der Waals surface area contributed by atoms with Crippen molar-refractivity contribution in [2.24, 2.45) is 0 Å². The summed E-state index contributed by atoms with van der Waals surface area (Å²) < 4.78 is 1.83. The van der Waals surface area contributed by atoms with Gasteiger partial charge in [0.15, 0.2) is 5.65 Å². The summed E-state index contributed by atoms with van der Waals surface area (Å²) in [6.07, 6.45) is 5.14. The van der Waals surface area contributed by atoms with Crippen LogP contribution in [0.1, 0.15) is 23.3 Å². The fourth-order valence-corrected chi connectivity index (χ4v) is 4.30. The van der Waals surface area contributed by atoms with E-state index in [0.717, 1.165) is 41.0 Å². The first kappa shape index (κ1) is 20.5. The number of hydrogen-bond donors (Lipinski definition) is 1. The van der Waals surface area contributed by atoms with Crippen LogP contribution in [0.4, 0.5) is 5.82 Å². The minimum Gasteiger partial charge on any atom is -0.367 e. The smallest absolute Gasteiger partial charge is 0.272 e. The highest BCUT2D eigenvalue weighted by Gasteiger charge is 2.25. The van der Waals surface area contributed by atoms with Crippen molar-refractivity contribution in [3.63, 3.8) is 0 Å². The fourth-order valence-electron chi connectivity index (χ4n) is 4.07. The predicted octanol–water partition coefficient (Wildman–Crippen LogP) is 2.42. The number of anilines is 1. The summed E-state index contributed by atoms with van der Waals surface area (Å²) >= 11 is 6.44. The van der Waals surface area contributed by atoms with Crippen LogP contribution < -0.4 is 10.8 Å². The van der Waals surface area contributed by atoms with Crippen LogP contribution in [0.15, 0.2) is 60.9 Å².